The van der Waals surface area contributed by atoms with Gasteiger partial charge >= 0.3 is 11.9 Å². The largest absolute Gasteiger partial charge is 0.480 e. The molecule has 8 heteroatoms. The third-order valence-electron chi connectivity index (χ3n) is 3.28. The number of esters is 1. The van der Waals surface area contributed by atoms with Crippen LogP contribution in [0.3, 0.4) is 0 Å². The van der Waals surface area contributed by atoms with E-state index in [0.29, 0.717) is 6.42 Å². The monoisotopic (exact) mass is 293 g/mol. The lowest BCUT2D eigenvalue weighted by Gasteiger charge is -2.22. The maximum absolute atomic E-state index is 12.1. The normalized spacial score (nSPS) is 24.3. The lowest BCUT2D eigenvalue weighted by Crippen LogP contribution is -2.43. The van der Waals surface area contributed by atoms with E-state index in [1.807, 2.05) is 0 Å². The van der Waals surface area contributed by atoms with Gasteiger partial charge in [-0.25, -0.2) is 8.42 Å². The molecule has 0 amide bonds. The van der Waals surface area contributed by atoms with Crippen molar-refractivity contribution >= 4 is 22.0 Å². The Morgan fingerprint density at radius 3 is 2.58 bits per heavy atom. The molecule has 1 heterocycles. The first-order valence-corrected chi connectivity index (χ1v) is 7.69. The maximum atomic E-state index is 12.1. The maximum Gasteiger partial charge on any atom is 0.322 e. The fourth-order valence-corrected chi connectivity index (χ4v) is 3.98. The first-order valence-electron chi connectivity index (χ1n) is 6.08. The average Bonchev–Trinajstić information content (AvgIpc) is 2.71. The number of carboxylic acids is 1. The minimum absolute atomic E-state index is 0.0108. The molecule has 0 bridgehead atoms. The minimum Gasteiger partial charge on any atom is -0.480 e. The molecule has 2 atom stereocenters. The van der Waals surface area contributed by atoms with Crippen LogP contribution in [-0.2, 0) is 24.3 Å². The first-order chi connectivity index (χ1) is 8.79. The van der Waals surface area contributed by atoms with Gasteiger partial charge in [-0.15, -0.1) is 0 Å². The van der Waals surface area contributed by atoms with Crippen LogP contribution in [-0.4, -0.2) is 55.2 Å². The number of hydrogen-bond acceptors (Lipinski definition) is 5. The quantitative estimate of drug-likeness (QED) is 0.695. The fourth-order valence-electron chi connectivity index (χ4n) is 2.21. The summed E-state index contributed by atoms with van der Waals surface area (Å²) in [5.41, 5.74) is 0. The van der Waals surface area contributed by atoms with Crippen LogP contribution in [0.25, 0.3) is 0 Å². The van der Waals surface area contributed by atoms with Crippen molar-refractivity contribution in [3.63, 3.8) is 0 Å². The lowest BCUT2D eigenvalue weighted by atomic mass is 10.0. The molecule has 0 aromatic carbocycles. The Labute approximate surface area is 112 Å². The number of carboxylic acid groups (broad SMARTS) is 1. The van der Waals surface area contributed by atoms with E-state index >= 15 is 0 Å². The molecule has 1 aliphatic heterocycles. The molecule has 1 saturated heterocycles. The van der Waals surface area contributed by atoms with Crippen molar-refractivity contribution in [2.45, 2.75) is 32.2 Å². The van der Waals surface area contributed by atoms with E-state index in [9.17, 15) is 18.0 Å². The number of nitrogens with zero attached hydrogens (tertiary/aromatic N) is 1. The molecule has 2 unspecified atom stereocenters. The molecule has 0 aromatic rings. The van der Waals surface area contributed by atoms with Gasteiger partial charge in [-0.05, 0) is 18.8 Å². The number of ether oxygens (including phenoxy) is 1. The third kappa shape index (κ3) is 3.90. The van der Waals surface area contributed by atoms with Gasteiger partial charge in [0.2, 0.25) is 10.0 Å². The van der Waals surface area contributed by atoms with Gasteiger partial charge in [0.25, 0.3) is 0 Å². The van der Waals surface area contributed by atoms with Crippen LogP contribution in [0.1, 0.15) is 26.2 Å². The molecule has 110 valence electrons. The second-order valence-corrected chi connectivity index (χ2v) is 6.70. The Hall–Kier alpha value is -1.15. The van der Waals surface area contributed by atoms with E-state index in [4.69, 9.17) is 5.11 Å². The molecule has 0 aromatic heterocycles. The van der Waals surface area contributed by atoms with Crippen LogP contribution in [0, 0.1) is 5.92 Å². The van der Waals surface area contributed by atoms with Crippen LogP contribution >= 0.6 is 0 Å². The van der Waals surface area contributed by atoms with Gasteiger partial charge in [0.1, 0.15) is 6.04 Å². The second-order valence-electron chi connectivity index (χ2n) is 4.66. The van der Waals surface area contributed by atoms with E-state index in [-0.39, 0.29) is 31.1 Å². The van der Waals surface area contributed by atoms with Crippen LogP contribution in [0.4, 0.5) is 0 Å². The summed E-state index contributed by atoms with van der Waals surface area (Å²) in [6.07, 6.45) is 0.677. The van der Waals surface area contributed by atoms with E-state index in [2.05, 4.69) is 4.74 Å². The Balaban J connectivity index is 2.66. The Morgan fingerprint density at radius 2 is 2.05 bits per heavy atom. The summed E-state index contributed by atoms with van der Waals surface area (Å²) in [4.78, 5) is 22.0. The standard InChI is InChI=1S/C11H19NO6S/c1-8-5-6-12(10(8)11(14)15)19(16,17)7-3-4-9(13)18-2/h8,10H,3-7H2,1-2H3,(H,14,15). The number of carbonyl (C=O) groups excluding carboxylic acids is 1. The number of carbonyl (C=O) groups is 2. The van der Waals surface area contributed by atoms with Crippen LogP contribution in [0.5, 0.6) is 0 Å². The van der Waals surface area contributed by atoms with Gasteiger partial charge in [-0.1, -0.05) is 6.92 Å². The van der Waals surface area contributed by atoms with Crippen molar-refractivity contribution in [1.29, 1.82) is 0 Å². The topological polar surface area (TPSA) is 101 Å². The van der Waals surface area contributed by atoms with E-state index in [0.717, 1.165) is 4.31 Å². The number of methoxy groups -OCH3 is 1. The molecular weight excluding hydrogens is 274 g/mol. The van der Waals surface area contributed by atoms with Crippen LogP contribution < -0.4 is 0 Å². The zero-order valence-corrected chi connectivity index (χ0v) is 11.9. The second kappa shape index (κ2) is 6.33. The predicted octanol–water partition coefficient (Wildman–Crippen LogP) is 0.0644. The minimum atomic E-state index is -3.65. The number of aliphatic carboxylic acids is 1. The van der Waals surface area contributed by atoms with E-state index in [1.54, 1.807) is 6.92 Å². The van der Waals surface area contributed by atoms with Crippen LogP contribution in [0.15, 0.2) is 0 Å². The van der Waals surface area contributed by atoms with Crippen molar-refractivity contribution in [3.05, 3.63) is 0 Å². The highest BCUT2D eigenvalue weighted by Gasteiger charge is 2.42. The smallest absolute Gasteiger partial charge is 0.322 e. The molecular formula is C11H19NO6S. The molecule has 0 saturated carbocycles. The molecule has 0 spiro atoms. The Morgan fingerprint density at radius 1 is 1.42 bits per heavy atom. The van der Waals surface area contributed by atoms with E-state index < -0.39 is 28.0 Å². The van der Waals surface area contributed by atoms with Gasteiger partial charge < -0.3 is 9.84 Å². The summed E-state index contributed by atoms with van der Waals surface area (Å²) in [5, 5.41) is 9.09. The van der Waals surface area contributed by atoms with Crippen molar-refractivity contribution in [2.75, 3.05) is 19.4 Å². The van der Waals surface area contributed by atoms with Gasteiger partial charge in [-0.2, -0.15) is 4.31 Å². The lowest BCUT2D eigenvalue weighted by molar-refractivity contribution is -0.142. The SMILES string of the molecule is COC(=O)CCCS(=O)(=O)N1CCC(C)C1C(=O)O. The molecule has 0 radical (unpaired) electrons. The summed E-state index contributed by atoms with van der Waals surface area (Å²) in [6.45, 7) is 1.95. The van der Waals surface area contributed by atoms with E-state index in [1.165, 1.54) is 7.11 Å². The highest BCUT2D eigenvalue weighted by molar-refractivity contribution is 7.89. The third-order valence-corrected chi connectivity index (χ3v) is 5.20. The zero-order chi connectivity index (χ0) is 14.6. The highest BCUT2D eigenvalue weighted by atomic mass is 32.2. The average molecular weight is 293 g/mol. The summed E-state index contributed by atoms with van der Waals surface area (Å²) in [5.74, 6) is -2.03. The number of sulfonamides is 1. The van der Waals surface area contributed by atoms with Crippen molar-refractivity contribution in [2.24, 2.45) is 5.92 Å². The fraction of sp³-hybridized carbons (Fsp3) is 0.818. The van der Waals surface area contributed by atoms with Crippen molar-refractivity contribution in [1.82, 2.24) is 4.31 Å². The zero-order valence-electron chi connectivity index (χ0n) is 11.0. The number of rotatable bonds is 6. The molecule has 1 fully saturated rings. The van der Waals surface area contributed by atoms with Gasteiger partial charge in [0.15, 0.2) is 0 Å². The summed E-state index contributed by atoms with van der Waals surface area (Å²) >= 11 is 0. The molecule has 1 aliphatic rings. The molecule has 0 aliphatic carbocycles. The van der Waals surface area contributed by atoms with Crippen molar-refractivity contribution < 1.29 is 27.9 Å². The van der Waals surface area contributed by atoms with Crippen LogP contribution in [0.2, 0.25) is 0 Å². The van der Waals surface area contributed by atoms with Gasteiger partial charge in [-0.3, -0.25) is 9.59 Å². The molecule has 19 heavy (non-hydrogen) atoms. The number of hydrogen-bond donors (Lipinski definition) is 1. The Bertz CT molecular complexity index is 446. The van der Waals surface area contributed by atoms with Gasteiger partial charge in [0, 0.05) is 13.0 Å². The molecule has 1 rings (SSSR count). The van der Waals surface area contributed by atoms with Gasteiger partial charge in [0.05, 0.1) is 12.9 Å². The summed E-state index contributed by atoms with van der Waals surface area (Å²) < 4.78 is 29.6. The predicted molar refractivity (Wildman–Crippen MR) is 66.9 cm³/mol. The Kier molecular flexibility index (Phi) is 5.30. The summed E-state index contributed by atoms with van der Waals surface area (Å²) in [6, 6.07) is -0.997. The highest BCUT2D eigenvalue weighted by Crippen LogP contribution is 2.27. The van der Waals surface area contributed by atoms with Crippen molar-refractivity contribution in [3.8, 4) is 0 Å². The first kappa shape index (κ1) is 15.9. The molecule has 7 nitrogen and oxygen atoms in total. The summed E-state index contributed by atoms with van der Waals surface area (Å²) in [7, 11) is -2.41. The molecule has 1 N–H and O–H groups in total.